The summed E-state index contributed by atoms with van der Waals surface area (Å²) in [6.45, 7) is -1.50. The highest BCUT2D eigenvalue weighted by atomic mass is 32.2. The number of hydrogen-bond donors (Lipinski definition) is 3. The summed E-state index contributed by atoms with van der Waals surface area (Å²) in [5.74, 6) is -3.80. The van der Waals surface area contributed by atoms with Crippen LogP contribution in [0.15, 0.2) is 23.1 Å². The van der Waals surface area contributed by atoms with E-state index in [1.807, 2.05) is 0 Å². The van der Waals surface area contributed by atoms with Crippen molar-refractivity contribution in [2.45, 2.75) is 4.90 Å². The zero-order valence-electron chi connectivity index (χ0n) is 9.98. The normalized spacial score (nSPS) is 11.1. The summed E-state index contributed by atoms with van der Waals surface area (Å²) >= 11 is 0. The number of nitrogens with two attached hydrogens (primary N) is 1. The number of carboxylic acids is 2. The van der Waals surface area contributed by atoms with Gasteiger partial charge >= 0.3 is 11.9 Å². The average molecular weight is 306 g/mol. The van der Waals surface area contributed by atoms with Crippen LogP contribution >= 0.6 is 0 Å². The van der Waals surface area contributed by atoms with E-state index in [-0.39, 0.29) is 5.69 Å². The van der Waals surface area contributed by atoms with Gasteiger partial charge in [-0.3, -0.25) is 9.59 Å². The number of aliphatic carboxylic acids is 2. The number of rotatable bonds is 6. The third kappa shape index (κ3) is 4.17. The summed E-state index contributed by atoms with van der Waals surface area (Å²) in [4.78, 5) is 21.5. The predicted octanol–water partition coefficient (Wildman–Crippen LogP) is -0.551. The quantitative estimate of drug-likeness (QED) is 0.641. The molecule has 0 heterocycles. The van der Waals surface area contributed by atoms with Crippen molar-refractivity contribution in [1.29, 1.82) is 0 Å². The Morgan fingerprint density at radius 1 is 1.20 bits per heavy atom. The Hall–Kier alpha value is -2.20. The van der Waals surface area contributed by atoms with Gasteiger partial charge in [0.1, 0.15) is 18.9 Å². The summed E-state index contributed by atoms with van der Waals surface area (Å²) in [6.07, 6.45) is 0. The molecule has 10 heteroatoms. The molecule has 0 radical (unpaired) electrons. The van der Waals surface area contributed by atoms with Crippen molar-refractivity contribution in [3.8, 4) is 0 Å². The first kappa shape index (κ1) is 15.9. The van der Waals surface area contributed by atoms with E-state index >= 15 is 0 Å². The number of sulfonamides is 1. The van der Waals surface area contributed by atoms with Gasteiger partial charge in [-0.1, -0.05) is 0 Å². The summed E-state index contributed by atoms with van der Waals surface area (Å²) < 4.78 is 35.8. The van der Waals surface area contributed by atoms with Crippen molar-refractivity contribution in [2.24, 2.45) is 5.14 Å². The molecule has 0 bridgehead atoms. The Labute approximate surface area is 113 Å². The molecule has 0 aliphatic rings. The van der Waals surface area contributed by atoms with Crippen LogP contribution in [0.4, 0.5) is 10.1 Å². The predicted molar refractivity (Wildman–Crippen MR) is 65.3 cm³/mol. The van der Waals surface area contributed by atoms with E-state index < -0.39 is 45.8 Å². The SMILES string of the molecule is NS(=O)(=O)c1ccc(N(CC(=O)O)CC(=O)O)c(F)c1. The monoisotopic (exact) mass is 306 g/mol. The number of carbonyl (C=O) groups is 2. The Morgan fingerprint density at radius 2 is 1.70 bits per heavy atom. The Morgan fingerprint density at radius 3 is 2.05 bits per heavy atom. The van der Waals surface area contributed by atoms with Gasteiger partial charge in [0.25, 0.3) is 0 Å². The fourth-order valence-corrected chi connectivity index (χ4v) is 2.00. The van der Waals surface area contributed by atoms with Crippen LogP contribution in [0.1, 0.15) is 0 Å². The number of anilines is 1. The minimum absolute atomic E-state index is 0.345. The first-order chi connectivity index (χ1) is 9.11. The van der Waals surface area contributed by atoms with Crippen LogP contribution in [0, 0.1) is 5.82 Å². The van der Waals surface area contributed by atoms with E-state index in [1.165, 1.54) is 0 Å². The molecule has 0 saturated heterocycles. The van der Waals surface area contributed by atoms with Gasteiger partial charge in [0, 0.05) is 0 Å². The van der Waals surface area contributed by atoms with Crippen molar-refractivity contribution in [3.05, 3.63) is 24.0 Å². The number of carboxylic acid groups (broad SMARTS) is 2. The standard InChI is InChI=1S/C10H11FN2O6S/c11-7-3-6(20(12,18)19)1-2-8(7)13(4-9(14)15)5-10(16)17/h1-3H,4-5H2,(H,14,15)(H,16,17)(H2,12,18,19). The molecule has 0 atom stereocenters. The van der Waals surface area contributed by atoms with Crippen molar-refractivity contribution >= 4 is 27.6 Å². The third-order valence-electron chi connectivity index (χ3n) is 2.24. The number of halogens is 1. The second kappa shape index (κ2) is 5.84. The molecular weight excluding hydrogens is 295 g/mol. The Bertz CT molecular complexity index is 629. The largest absolute Gasteiger partial charge is 0.480 e. The lowest BCUT2D eigenvalue weighted by Crippen LogP contribution is -2.35. The number of hydrogen-bond acceptors (Lipinski definition) is 5. The van der Waals surface area contributed by atoms with Crippen molar-refractivity contribution in [1.82, 2.24) is 0 Å². The summed E-state index contributed by atoms with van der Waals surface area (Å²) in [5, 5.41) is 22.1. The van der Waals surface area contributed by atoms with Crippen LogP contribution in [0.25, 0.3) is 0 Å². The fourth-order valence-electron chi connectivity index (χ4n) is 1.47. The van der Waals surface area contributed by atoms with E-state index in [0.717, 1.165) is 17.0 Å². The molecule has 0 aromatic heterocycles. The van der Waals surface area contributed by atoms with Gasteiger partial charge in [-0.2, -0.15) is 0 Å². The van der Waals surface area contributed by atoms with Gasteiger partial charge in [-0.15, -0.1) is 0 Å². The van der Waals surface area contributed by atoms with Gasteiger partial charge in [0.2, 0.25) is 10.0 Å². The van der Waals surface area contributed by atoms with E-state index in [1.54, 1.807) is 0 Å². The van der Waals surface area contributed by atoms with Gasteiger partial charge in [-0.25, -0.2) is 17.9 Å². The topological polar surface area (TPSA) is 138 Å². The minimum Gasteiger partial charge on any atom is -0.480 e. The van der Waals surface area contributed by atoms with Gasteiger partial charge in [0.05, 0.1) is 10.6 Å². The smallest absolute Gasteiger partial charge is 0.323 e. The zero-order valence-corrected chi connectivity index (χ0v) is 10.8. The number of benzene rings is 1. The summed E-state index contributed by atoms with van der Waals surface area (Å²) in [6, 6.07) is 2.52. The highest BCUT2D eigenvalue weighted by Gasteiger charge is 2.19. The van der Waals surface area contributed by atoms with Crippen LogP contribution in [-0.2, 0) is 19.6 Å². The first-order valence-electron chi connectivity index (χ1n) is 5.12. The molecule has 0 amide bonds. The van der Waals surface area contributed by atoms with E-state index in [0.29, 0.717) is 6.07 Å². The lowest BCUT2D eigenvalue weighted by atomic mass is 10.2. The van der Waals surface area contributed by atoms with Gasteiger partial charge in [0.15, 0.2) is 0 Å². The van der Waals surface area contributed by atoms with Crippen LogP contribution in [0.5, 0.6) is 0 Å². The maximum Gasteiger partial charge on any atom is 0.323 e. The molecule has 8 nitrogen and oxygen atoms in total. The van der Waals surface area contributed by atoms with Crippen LogP contribution in [0.3, 0.4) is 0 Å². The lowest BCUT2D eigenvalue weighted by Gasteiger charge is -2.21. The van der Waals surface area contributed by atoms with Gasteiger partial charge < -0.3 is 15.1 Å². The highest BCUT2D eigenvalue weighted by Crippen LogP contribution is 2.22. The van der Waals surface area contributed by atoms with E-state index in [4.69, 9.17) is 15.4 Å². The number of nitrogens with zero attached hydrogens (tertiary/aromatic N) is 1. The van der Waals surface area contributed by atoms with Gasteiger partial charge in [-0.05, 0) is 18.2 Å². The first-order valence-corrected chi connectivity index (χ1v) is 6.67. The maximum atomic E-state index is 13.8. The Balaban J connectivity index is 3.20. The summed E-state index contributed by atoms with van der Waals surface area (Å²) in [7, 11) is -4.11. The van der Waals surface area contributed by atoms with Crippen LogP contribution in [0.2, 0.25) is 0 Å². The van der Waals surface area contributed by atoms with Crippen LogP contribution in [-0.4, -0.2) is 43.7 Å². The highest BCUT2D eigenvalue weighted by molar-refractivity contribution is 7.89. The number of primary sulfonamides is 1. The minimum atomic E-state index is -4.11. The maximum absolute atomic E-state index is 13.8. The molecule has 0 unspecified atom stereocenters. The molecular formula is C10H11FN2O6S. The molecule has 1 aromatic carbocycles. The van der Waals surface area contributed by atoms with E-state index in [9.17, 15) is 22.4 Å². The second-order valence-corrected chi connectivity index (χ2v) is 5.36. The van der Waals surface area contributed by atoms with Crippen LogP contribution < -0.4 is 10.0 Å². The lowest BCUT2D eigenvalue weighted by molar-refractivity contribution is -0.136. The molecule has 0 fully saturated rings. The molecule has 0 saturated carbocycles. The Kier molecular flexibility index (Phi) is 4.63. The van der Waals surface area contributed by atoms with Crippen molar-refractivity contribution in [2.75, 3.05) is 18.0 Å². The molecule has 20 heavy (non-hydrogen) atoms. The van der Waals surface area contributed by atoms with E-state index in [2.05, 4.69) is 0 Å². The van der Waals surface area contributed by atoms with Crippen molar-refractivity contribution < 1.29 is 32.6 Å². The van der Waals surface area contributed by atoms with Crippen molar-refractivity contribution in [3.63, 3.8) is 0 Å². The third-order valence-corrected chi connectivity index (χ3v) is 3.15. The zero-order chi connectivity index (χ0) is 15.5. The molecule has 1 rings (SSSR count). The second-order valence-electron chi connectivity index (χ2n) is 3.80. The molecule has 4 N–H and O–H groups in total. The molecule has 1 aromatic rings. The molecule has 0 aliphatic heterocycles. The molecule has 0 spiro atoms. The molecule has 110 valence electrons. The summed E-state index contributed by atoms with van der Waals surface area (Å²) in [5.41, 5.74) is -0.345. The molecule has 0 aliphatic carbocycles. The average Bonchev–Trinajstić information content (AvgIpc) is 2.25. The fraction of sp³-hybridized carbons (Fsp3) is 0.200.